The van der Waals surface area contributed by atoms with Crippen LogP contribution in [0.5, 0.6) is 0 Å². The Hall–Kier alpha value is -0.0400. The Morgan fingerprint density at radius 3 is 2.32 bits per heavy atom. The van der Waals surface area contributed by atoms with Crippen LogP contribution in [0, 0.1) is 29.1 Å². The van der Waals surface area contributed by atoms with Crippen LogP contribution in [-0.2, 0) is 0 Å². The third kappa shape index (κ3) is 5.85. The third-order valence-corrected chi connectivity index (χ3v) is 5.19. The van der Waals surface area contributed by atoms with E-state index in [4.69, 9.17) is 0 Å². The van der Waals surface area contributed by atoms with Crippen molar-refractivity contribution in [2.75, 3.05) is 13.6 Å². The molecule has 1 aliphatic rings. The fourth-order valence-electron chi connectivity index (χ4n) is 3.79. The molecule has 114 valence electrons. The standard InChI is InChI=1S/C18H37N/c1-14(2)8-7-9-15-12-17(18(3,4)5)11-10-16(15)13-19-6/h14-17,19H,7-13H2,1-6H3. The first kappa shape index (κ1) is 17.0. The van der Waals surface area contributed by atoms with Crippen LogP contribution in [0.15, 0.2) is 0 Å². The van der Waals surface area contributed by atoms with Gasteiger partial charge in [-0.15, -0.1) is 0 Å². The Morgan fingerprint density at radius 2 is 1.79 bits per heavy atom. The summed E-state index contributed by atoms with van der Waals surface area (Å²) in [4.78, 5) is 0. The highest BCUT2D eigenvalue weighted by Crippen LogP contribution is 2.44. The van der Waals surface area contributed by atoms with Crippen molar-refractivity contribution in [1.82, 2.24) is 5.32 Å². The highest BCUT2D eigenvalue weighted by atomic mass is 14.8. The monoisotopic (exact) mass is 267 g/mol. The number of hydrogen-bond donors (Lipinski definition) is 1. The van der Waals surface area contributed by atoms with Crippen molar-refractivity contribution in [2.24, 2.45) is 29.1 Å². The smallest absolute Gasteiger partial charge is 0.00209 e. The molecule has 0 heterocycles. The van der Waals surface area contributed by atoms with Gasteiger partial charge in [0.05, 0.1) is 0 Å². The first-order chi connectivity index (χ1) is 8.84. The van der Waals surface area contributed by atoms with E-state index in [1.165, 1.54) is 45.1 Å². The molecule has 0 aliphatic heterocycles. The van der Waals surface area contributed by atoms with Crippen LogP contribution in [0.25, 0.3) is 0 Å². The summed E-state index contributed by atoms with van der Waals surface area (Å²) >= 11 is 0. The second-order valence-corrected chi connectivity index (χ2v) is 8.28. The van der Waals surface area contributed by atoms with E-state index >= 15 is 0 Å². The molecular formula is C18H37N. The summed E-state index contributed by atoms with van der Waals surface area (Å²) in [5, 5.41) is 3.42. The molecule has 0 bridgehead atoms. The summed E-state index contributed by atoms with van der Waals surface area (Å²) in [6, 6.07) is 0. The summed E-state index contributed by atoms with van der Waals surface area (Å²) in [6.07, 6.45) is 8.64. The molecule has 1 aliphatic carbocycles. The second-order valence-electron chi connectivity index (χ2n) is 8.28. The van der Waals surface area contributed by atoms with Gasteiger partial charge in [-0.2, -0.15) is 0 Å². The quantitative estimate of drug-likeness (QED) is 0.705. The van der Waals surface area contributed by atoms with Gasteiger partial charge in [-0.3, -0.25) is 0 Å². The molecule has 3 atom stereocenters. The maximum atomic E-state index is 3.42. The summed E-state index contributed by atoms with van der Waals surface area (Å²) < 4.78 is 0. The number of hydrogen-bond acceptors (Lipinski definition) is 1. The van der Waals surface area contributed by atoms with Crippen molar-refractivity contribution < 1.29 is 0 Å². The van der Waals surface area contributed by atoms with Gasteiger partial charge in [0.15, 0.2) is 0 Å². The molecule has 0 saturated heterocycles. The molecule has 1 rings (SSSR count). The largest absolute Gasteiger partial charge is 0.319 e. The van der Waals surface area contributed by atoms with Gasteiger partial charge in [0.1, 0.15) is 0 Å². The highest BCUT2D eigenvalue weighted by Gasteiger charge is 2.35. The average molecular weight is 268 g/mol. The predicted octanol–water partition coefficient (Wildman–Crippen LogP) is 5.11. The zero-order chi connectivity index (χ0) is 14.5. The zero-order valence-electron chi connectivity index (χ0n) is 14.3. The molecule has 1 heteroatoms. The first-order valence-electron chi connectivity index (χ1n) is 8.49. The third-order valence-electron chi connectivity index (χ3n) is 5.19. The Morgan fingerprint density at radius 1 is 1.11 bits per heavy atom. The first-order valence-corrected chi connectivity index (χ1v) is 8.49. The zero-order valence-corrected chi connectivity index (χ0v) is 14.3. The van der Waals surface area contributed by atoms with Crippen LogP contribution in [0.4, 0.5) is 0 Å². The Balaban J connectivity index is 2.52. The van der Waals surface area contributed by atoms with Crippen molar-refractivity contribution in [1.29, 1.82) is 0 Å². The topological polar surface area (TPSA) is 12.0 Å². The van der Waals surface area contributed by atoms with E-state index < -0.39 is 0 Å². The summed E-state index contributed by atoms with van der Waals surface area (Å²) in [5.74, 6) is 3.69. The van der Waals surface area contributed by atoms with Crippen LogP contribution in [0.1, 0.15) is 73.1 Å². The predicted molar refractivity (Wildman–Crippen MR) is 86.4 cm³/mol. The second kappa shape index (κ2) is 7.67. The lowest BCUT2D eigenvalue weighted by molar-refractivity contribution is 0.0914. The van der Waals surface area contributed by atoms with Crippen molar-refractivity contribution in [3.8, 4) is 0 Å². The minimum Gasteiger partial charge on any atom is -0.319 e. The van der Waals surface area contributed by atoms with Gasteiger partial charge in [0.2, 0.25) is 0 Å². The molecular weight excluding hydrogens is 230 g/mol. The lowest BCUT2D eigenvalue weighted by Crippen LogP contribution is -2.36. The molecule has 0 radical (unpaired) electrons. The van der Waals surface area contributed by atoms with Crippen LogP contribution in [0.3, 0.4) is 0 Å². The minimum atomic E-state index is 0.501. The maximum absolute atomic E-state index is 3.42. The molecule has 1 saturated carbocycles. The van der Waals surface area contributed by atoms with E-state index in [9.17, 15) is 0 Å². The molecule has 0 aromatic heterocycles. The molecule has 1 fully saturated rings. The SMILES string of the molecule is CNCC1CCC(C(C)(C)C)CC1CCCC(C)C. The minimum absolute atomic E-state index is 0.501. The normalized spacial score (nSPS) is 28.9. The van der Waals surface area contributed by atoms with E-state index in [0.29, 0.717) is 5.41 Å². The van der Waals surface area contributed by atoms with Crippen LogP contribution < -0.4 is 5.32 Å². The number of nitrogens with one attached hydrogen (secondary N) is 1. The van der Waals surface area contributed by atoms with E-state index in [2.05, 4.69) is 47.0 Å². The lowest BCUT2D eigenvalue weighted by Gasteiger charge is -2.42. The summed E-state index contributed by atoms with van der Waals surface area (Å²) in [7, 11) is 2.11. The fraction of sp³-hybridized carbons (Fsp3) is 1.00. The molecule has 0 amide bonds. The van der Waals surface area contributed by atoms with E-state index in [1.807, 2.05) is 0 Å². The summed E-state index contributed by atoms with van der Waals surface area (Å²) in [5.41, 5.74) is 0.501. The van der Waals surface area contributed by atoms with Gasteiger partial charge < -0.3 is 5.32 Å². The highest BCUT2D eigenvalue weighted by molar-refractivity contribution is 4.86. The van der Waals surface area contributed by atoms with E-state index in [-0.39, 0.29) is 0 Å². The fourth-order valence-corrected chi connectivity index (χ4v) is 3.79. The Kier molecular flexibility index (Phi) is 6.86. The van der Waals surface area contributed by atoms with Gasteiger partial charge >= 0.3 is 0 Å². The molecule has 1 N–H and O–H groups in total. The molecule has 0 aromatic rings. The van der Waals surface area contributed by atoms with Gasteiger partial charge in [0.25, 0.3) is 0 Å². The van der Waals surface area contributed by atoms with Gasteiger partial charge in [-0.1, -0.05) is 53.9 Å². The van der Waals surface area contributed by atoms with Crippen molar-refractivity contribution in [3.63, 3.8) is 0 Å². The van der Waals surface area contributed by atoms with E-state index in [0.717, 1.165) is 23.7 Å². The molecule has 19 heavy (non-hydrogen) atoms. The Bertz CT molecular complexity index is 239. The summed E-state index contributed by atoms with van der Waals surface area (Å²) in [6.45, 7) is 13.2. The number of rotatable bonds is 6. The molecule has 3 unspecified atom stereocenters. The molecule has 1 nitrogen and oxygen atoms in total. The van der Waals surface area contributed by atoms with Gasteiger partial charge in [-0.05, 0) is 61.9 Å². The van der Waals surface area contributed by atoms with Gasteiger partial charge in [0, 0.05) is 0 Å². The van der Waals surface area contributed by atoms with Crippen molar-refractivity contribution >= 4 is 0 Å². The Labute approximate surface area is 121 Å². The molecule has 0 spiro atoms. The molecule has 0 aromatic carbocycles. The van der Waals surface area contributed by atoms with Crippen LogP contribution >= 0.6 is 0 Å². The van der Waals surface area contributed by atoms with Crippen LogP contribution in [0.2, 0.25) is 0 Å². The van der Waals surface area contributed by atoms with Crippen molar-refractivity contribution in [3.05, 3.63) is 0 Å². The average Bonchev–Trinajstić information content (AvgIpc) is 2.29. The maximum Gasteiger partial charge on any atom is -0.00209 e. The lowest BCUT2D eigenvalue weighted by atomic mass is 9.64. The van der Waals surface area contributed by atoms with E-state index in [1.54, 1.807) is 0 Å². The van der Waals surface area contributed by atoms with Gasteiger partial charge in [-0.25, -0.2) is 0 Å². The van der Waals surface area contributed by atoms with Crippen LogP contribution in [-0.4, -0.2) is 13.6 Å². The van der Waals surface area contributed by atoms with Crippen molar-refractivity contribution in [2.45, 2.75) is 73.1 Å².